The molecule has 0 bridgehead atoms. The van der Waals surface area contributed by atoms with Gasteiger partial charge < -0.3 is 14.0 Å². The van der Waals surface area contributed by atoms with Gasteiger partial charge in [0.25, 0.3) is 0 Å². The molecule has 1 heterocycles. The fraction of sp³-hybridized carbons (Fsp3) is 0.148. The van der Waals surface area contributed by atoms with Crippen LogP contribution in [0.4, 0.5) is 0 Å². The van der Waals surface area contributed by atoms with Gasteiger partial charge in [0.1, 0.15) is 23.9 Å². The lowest BCUT2D eigenvalue weighted by Crippen LogP contribution is -2.10. The van der Waals surface area contributed by atoms with Crippen molar-refractivity contribution >= 4 is 21.8 Å². The van der Waals surface area contributed by atoms with Crippen LogP contribution in [-0.2, 0) is 13.2 Å². The molecule has 0 saturated carbocycles. The molecule has 0 radical (unpaired) electrons. The van der Waals surface area contributed by atoms with Crippen LogP contribution in [-0.4, -0.2) is 16.2 Å². The Hall–Kier alpha value is -3.79. The Balaban J connectivity index is 1.30. The first-order chi connectivity index (χ1) is 15.4. The Kier molecular flexibility index (Phi) is 5.52. The summed E-state index contributed by atoms with van der Waals surface area (Å²) < 4.78 is 14.2. The van der Waals surface area contributed by atoms with E-state index in [0.29, 0.717) is 13.2 Å². The zero-order valence-electron chi connectivity index (χ0n) is 17.3. The first kappa shape index (κ1) is 19.2. The average molecular weight is 409 g/mol. The SMILES string of the molecule is c1ccc(OCCCn2c(COc3ccc4ccccc4c3)nc3ccccc32)cc1. The first-order valence-corrected chi connectivity index (χ1v) is 10.6. The third kappa shape index (κ3) is 4.38. The van der Waals surface area contributed by atoms with Crippen molar-refractivity contribution in [1.29, 1.82) is 0 Å². The molecule has 5 rings (SSSR count). The van der Waals surface area contributed by atoms with Crippen molar-refractivity contribution in [3.05, 3.63) is 103 Å². The van der Waals surface area contributed by atoms with E-state index in [0.717, 1.165) is 41.3 Å². The van der Waals surface area contributed by atoms with E-state index in [1.54, 1.807) is 0 Å². The third-order valence-corrected chi connectivity index (χ3v) is 5.36. The molecule has 0 unspecified atom stereocenters. The number of imidazole rings is 1. The number of ether oxygens (including phenoxy) is 2. The normalized spacial score (nSPS) is 11.1. The lowest BCUT2D eigenvalue weighted by Gasteiger charge is -2.12. The van der Waals surface area contributed by atoms with Gasteiger partial charge in [0.15, 0.2) is 0 Å². The van der Waals surface area contributed by atoms with Gasteiger partial charge in [-0.2, -0.15) is 0 Å². The van der Waals surface area contributed by atoms with E-state index in [2.05, 4.69) is 41.0 Å². The first-order valence-electron chi connectivity index (χ1n) is 10.6. The summed E-state index contributed by atoms with van der Waals surface area (Å²) in [5.74, 6) is 2.68. The molecule has 5 aromatic rings. The molecule has 4 aromatic carbocycles. The van der Waals surface area contributed by atoms with Gasteiger partial charge in [0.2, 0.25) is 0 Å². The summed E-state index contributed by atoms with van der Waals surface area (Å²) in [6.45, 7) is 1.90. The molecule has 154 valence electrons. The van der Waals surface area contributed by atoms with E-state index in [4.69, 9.17) is 14.5 Å². The highest BCUT2D eigenvalue weighted by molar-refractivity contribution is 5.83. The minimum absolute atomic E-state index is 0.423. The van der Waals surface area contributed by atoms with Crippen LogP contribution in [0, 0.1) is 0 Å². The van der Waals surface area contributed by atoms with Crippen molar-refractivity contribution in [2.24, 2.45) is 0 Å². The predicted octanol–water partition coefficient (Wildman–Crippen LogP) is 6.24. The van der Waals surface area contributed by atoms with Crippen LogP contribution in [0.5, 0.6) is 11.5 Å². The topological polar surface area (TPSA) is 36.3 Å². The van der Waals surface area contributed by atoms with E-state index >= 15 is 0 Å². The molecule has 0 aliphatic carbocycles. The highest BCUT2D eigenvalue weighted by atomic mass is 16.5. The second kappa shape index (κ2) is 8.92. The number of nitrogens with zero attached hydrogens (tertiary/aromatic N) is 2. The van der Waals surface area contributed by atoms with Crippen LogP contribution in [0.2, 0.25) is 0 Å². The molecule has 0 aliphatic heterocycles. The monoisotopic (exact) mass is 408 g/mol. The fourth-order valence-corrected chi connectivity index (χ4v) is 3.82. The Bertz CT molecular complexity index is 1290. The molecule has 0 fully saturated rings. The van der Waals surface area contributed by atoms with E-state index < -0.39 is 0 Å². The second-order valence-electron chi connectivity index (χ2n) is 7.48. The van der Waals surface area contributed by atoms with E-state index in [1.165, 1.54) is 10.8 Å². The minimum atomic E-state index is 0.423. The number of hydrogen-bond donors (Lipinski definition) is 0. The van der Waals surface area contributed by atoms with Crippen molar-refractivity contribution < 1.29 is 9.47 Å². The van der Waals surface area contributed by atoms with Gasteiger partial charge in [0.05, 0.1) is 17.6 Å². The van der Waals surface area contributed by atoms with Crippen LogP contribution < -0.4 is 9.47 Å². The van der Waals surface area contributed by atoms with Gasteiger partial charge >= 0.3 is 0 Å². The average Bonchev–Trinajstić information content (AvgIpc) is 3.18. The van der Waals surface area contributed by atoms with Crippen molar-refractivity contribution in [2.45, 2.75) is 19.6 Å². The Labute approximate surface area is 181 Å². The fourth-order valence-electron chi connectivity index (χ4n) is 3.82. The van der Waals surface area contributed by atoms with Crippen LogP contribution in [0.3, 0.4) is 0 Å². The Morgan fingerprint density at radius 2 is 1.45 bits per heavy atom. The van der Waals surface area contributed by atoms with Crippen molar-refractivity contribution in [2.75, 3.05) is 6.61 Å². The highest BCUT2D eigenvalue weighted by Gasteiger charge is 2.11. The zero-order chi connectivity index (χ0) is 20.9. The second-order valence-corrected chi connectivity index (χ2v) is 7.48. The number of aromatic nitrogens is 2. The number of hydrogen-bond acceptors (Lipinski definition) is 3. The summed E-state index contributed by atoms with van der Waals surface area (Å²) >= 11 is 0. The molecular weight excluding hydrogens is 384 g/mol. The largest absolute Gasteiger partial charge is 0.494 e. The molecule has 31 heavy (non-hydrogen) atoms. The van der Waals surface area contributed by atoms with Crippen molar-refractivity contribution in [3.8, 4) is 11.5 Å². The third-order valence-electron chi connectivity index (χ3n) is 5.36. The van der Waals surface area contributed by atoms with Crippen molar-refractivity contribution in [1.82, 2.24) is 9.55 Å². The summed E-state index contributed by atoms with van der Waals surface area (Å²) in [5, 5.41) is 2.38. The van der Waals surface area contributed by atoms with Crippen LogP contribution in [0.15, 0.2) is 97.1 Å². The maximum atomic E-state index is 6.13. The van der Waals surface area contributed by atoms with Gasteiger partial charge in [0, 0.05) is 6.54 Å². The van der Waals surface area contributed by atoms with Crippen LogP contribution in [0.25, 0.3) is 21.8 Å². The number of benzene rings is 4. The van der Waals surface area contributed by atoms with E-state index in [1.807, 2.05) is 60.7 Å². The Morgan fingerprint density at radius 1 is 0.677 bits per heavy atom. The van der Waals surface area contributed by atoms with Gasteiger partial charge in [-0.25, -0.2) is 4.98 Å². The maximum absolute atomic E-state index is 6.13. The number of aryl methyl sites for hydroxylation is 1. The van der Waals surface area contributed by atoms with Gasteiger partial charge in [-0.05, 0) is 53.6 Å². The molecule has 0 N–H and O–H groups in total. The summed E-state index contributed by atoms with van der Waals surface area (Å²) in [6.07, 6.45) is 0.887. The minimum Gasteiger partial charge on any atom is -0.494 e. The van der Waals surface area contributed by atoms with Crippen LogP contribution in [0.1, 0.15) is 12.2 Å². The van der Waals surface area contributed by atoms with E-state index in [-0.39, 0.29) is 0 Å². The lowest BCUT2D eigenvalue weighted by molar-refractivity contribution is 0.280. The summed E-state index contributed by atoms with van der Waals surface area (Å²) in [5.41, 5.74) is 2.11. The predicted molar refractivity (Wildman–Crippen MR) is 125 cm³/mol. The molecule has 0 saturated heterocycles. The molecule has 0 atom stereocenters. The maximum Gasteiger partial charge on any atom is 0.147 e. The molecule has 4 heteroatoms. The quantitative estimate of drug-likeness (QED) is 0.285. The molecule has 1 aromatic heterocycles. The number of rotatable bonds is 8. The number of fused-ring (bicyclic) bond motifs is 2. The van der Waals surface area contributed by atoms with Crippen LogP contribution >= 0.6 is 0 Å². The molecular formula is C27H24N2O2. The van der Waals surface area contributed by atoms with Gasteiger partial charge in [-0.1, -0.05) is 60.7 Å². The molecule has 0 spiro atoms. The summed E-state index contributed by atoms with van der Waals surface area (Å²) in [6, 6.07) is 32.6. The standard InChI is InChI=1S/C27H24N2O2/c1-2-11-23(12-3-1)30-18-8-17-29-26-14-7-6-13-25(26)28-27(29)20-31-24-16-15-21-9-4-5-10-22(21)19-24/h1-7,9-16,19H,8,17-18,20H2. The molecule has 0 aliphatic rings. The van der Waals surface area contributed by atoms with E-state index in [9.17, 15) is 0 Å². The van der Waals surface area contributed by atoms with Gasteiger partial charge in [-0.3, -0.25) is 0 Å². The summed E-state index contributed by atoms with van der Waals surface area (Å²) in [4.78, 5) is 4.82. The highest BCUT2D eigenvalue weighted by Crippen LogP contribution is 2.23. The molecule has 0 amide bonds. The summed E-state index contributed by atoms with van der Waals surface area (Å²) in [7, 11) is 0. The smallest absolute Gasteiger partial charge is 0.147 e. The molecule has 4 nitrogen and oxygen atoms in total. The zero-order valence-corrected chi connectivity index (χ0v) is 17.3. The Morgan fingerprint density at radius 3 is 2.35 bits per heavy atom. The number of para-hydroxylation sites is 3. The lowest BCUT2D eigenvalue weighted by atomic mass is 10.1. The van der Waals surface area contributed by atoms with Crippen molar-refractivity contribution in [3.63, 3.8) is 0 Å². The van der Waals surface area contributed by atoms with Gasteiger partial charge in [-0.15, -0.1) is 0 Å².